The number of nitrogens with zero attached hydrogens (tertiary/aromatic N) is 2. The molecule has 1 fully saturated rings. The highest BCUT2D eigenvalue weighted by molar-refractivity contribution is 6.21. The lowest BCUT2D eigenvalue weighted by Crippen LogP contribution is -2.47. The van der Waals surface area contributed by atoms with Gasteiger partial charge in [0.1, 0.15) is 6.61 Å². The van der Waals surface area contributed by atoms with Crippen LogP contribution in [-0.2, 0) is 19.1 Å². The number of esters is 1. The van der Waals surface area contributed by atoms with Crippen molar-refractivity contribution >= 4 is 23.7 Å². The van der Waals surface area contributed by atoms with Gasteiger partial charge in [-0.15, -0.1) is 0 Å². The van der Waals surface area contributed by atoms with Crippen molar-refractivity contribution in [1.82, 2.24) is 9.80 Å². The fourth-order valence-corrected chi connectivity index (χ4v) is 4.15. The Morgan fingerprint density at radius 2 is 1.57 bits per heavy atom. The second-order valence-electron chi connectivity index (χ2n) is 7.57. The Labute approximate surface area is 174 Å². The van der Waals surface area contributed by atoms with Crippen LogP contribution in [0.25, 0.3) is 0 Å². The van der Waals surface area contributed by atoms with Gasteiger partial charge in [0.2, 0.25) is 5.91 Å². The largest absolute Gasteiger partial charge is 0.464 e. The topological polar surface area (TPSA) is 93.2 Å². The number of ether oxygens (including phenoxy) is 2. The Morgan fingerprint density at radius 3 is 2.20 bits per heavy atom. The third-order valence-electron chi connectivity index (χ3n) is 5.81. The van der Waals surface area contributed by atoms with Crippen LogP contribution in [0.5, 0.6) is 0 Å². The number of hydrogen-bond acceptors (Lipinski definition) is 6. The highest BCUT2D eigenvalue weighted by Gasteiger charge is 2.38. The molecule has 30 heavy (non-hydrogen) atoms. The molecule has 1 aliphatic carbocycles. The Balaban J connectivity index is 1.34. The first-order valence-electron chi connectivity index (χ1n) is 10.2. The first-order chi connectivity index (χ1) is 14.6. The van der Waals surface area contributed by atoms with E-state index in [0.717, 1.165) is 4.90 Å². The van der Waals surface area contributed by atoms with E-state index in [1.54, 1.807) is 29.2 Å². The molecule has 0 unspecified atom stereocenters. The zero-order valence-electron chi connectivity index (χ0n) is 16.6. The number of carbonyl (C=O) groups is 4. The van der Waals surface area contributed by atoms with Crippen LogP contribution >= 0.6 is 0 Å². The first-order valence-corrected chi connectivity index (χ1v) is 10.2. The van der Waals surface area contributed by atoms with Crippen LogP contribution < -0.4 is 0 Å². The minimum absolute atomic E-state index is 0.0112. The van der Waals surface area contributed by atoms with E-state index in [4.69, 9.17) is 9.47 Å². The van der Waals surface area contributed by atoms with E-state index < -0.39 is 17.8 Å². The Hall–Kier alpha value is -3.00. The fraction of sp³-hybridized carbons (Fsp3) is 0.455. The molecule has 2 heterocycles. The lowest BCUT2D eigenvalue weighted by molar-refractivity contribution is -0.156. The van der Waals surface area contributed by atoms with Crippen molar-refractivity contribution in [2.75, 3.05) is 39.5 Å². The molecule has 8 heteroatoms. The summed E-state index contributed by atoms with van der Waals surface area (Å²) in [7, 11) is 0. The minimum atomic E-state index is -0.562. The highest BCUT2D eigenvalue weighted by atomic mass is 16.5. The van der Waals surface area contributed by atoms with Crippen LogP contribution in [0.4, 0.5) is 0 Å². The number of hydrogen-bond donors (Lipinski definition) is 0. The van der Waals surface area contributed by atoms with Crippen molar-refractivity contribution in [3.63, 3.8) is 0 Å². The molecule has 3 amide bonds. The summed E-state index contributed by atoms with van der Waals surface area (Å²) in [5.41, 5.74) is 0.727. The van der Waals surface area contributed by atoms with Gasteiger partial charge in [-0.25, -0.2) is 0 Å². The first kappa shape index (κ1) is 20.3. The summed E-state index contributed by atoms with van der Waals surface area (Å²) in [6.07, 6.45) is 4.74. The molecule has 0 bridgehead atoms. The molecule has 2 atom stereocenters. The van der Waals surface area contributed by atoms with Crippen molar-refractivity contribution in [3.8, 4) is 0 Å². The zero-order valence-corrected chi connectivity index (χ0v) is 16.6. The molecule has 158 valence electrons. The predicted octanol–water partition coefficient (Wildman–Crippen LogP) is 1.27. The summed E-state index contributed by atoms with van der Waals surface area (Å²) < 4.78 is 10.7. The molecule has 1 aromatic carbocycles. The van der Waals surface area contributed by atoms with Crippen LogP contribution in [0, 0.1) is 11.8 Å². The number of allylic oxidation sites excluding steroid dienone is 2. The van der Waals surface area contributed by atoms with Gasteiger partial charge in [0.25, 0.3) is 11.8 Å². The molecule has 0 aromatic heterocycles. The van der Waals surface area contributed by atoms with E-state index in [1.807, 2.05) is 12.2 Å². The number of fused-ring (bicyclic) bond motifs is 1. The smallest absolute Gasteiger partial charge is 0.310 e. The second-order valence-corrected chi connectivity index (χ2v) is 7.57. The average molecular weight is 412 g/mol. The summed E-state index contributed by atoms with van der Waals surface area (Å²) in [4.78, 5) is 53.2. The fourth-order valence-electron chi connectivity index (χ4n) is 4.15. The molecule has 1 saturated heterocycles. The van der Waals surface area contributed by atoms with Crippen molar-refractivity contribution in [3.05, 3.63) is 47.5 Å². The van der Waals surface area contributed by atoms with Gasteiger partial charge in [-0.05, 0) is 25.0 Å². The van der Waals surface area contributed by atoms with E-state index >= 15 is 0 Å². The van der Waals surface area contributed by atoms with E-state index in [0.29, 0.717) is 50.3 Å². The van der Waals surface area contributed by atoms with Crippen molar-refractivity contribution in [2.45, 2.75) is 12.8 Å². The predicted molar refractivity (Wildman–Crippen MR) is 106 cm³/mol. The second kappa shape index (κ2) is 8.79. The van der Waals surface area contributed by atoms with Gasteiger partial charge in [-0.1, -0.05) is 24.3 Å². The Kier molecular flexibility index (Phi) is 5.94. The molecule has 8 nitrogen and oxygen atoms in total. The van der Waals surface area contributed by atoms with Crippen LogP contribution in [0.3, 0.4) is 0 Å². The highest BCUT2D eigenvalue weighted by Crippen LogP contribution is 2.29. The molecule has 1 aromatic rings. The maximum atomic E-state index is 12.9. The molecule has 0 N–H and O–H groups in total. The normalized spacial score (nSPS) is 23.5. The third-order valence-corrected chi connectivity index (χ3v) is 5.81. The van der Waals surface area contributed by atoms with Gasteiger partial charge in [-0.2, -0.15) is 0 Å². The lowest BCUT2D eigenvalue weighted by Gasteiger charge is -2.33. The number of amides is 3. The zero-order chi connectivity index (χ0) is 21.1. The van der Waals surface area contributed by atoms with Gasteiger partial charge in [0.15, 0.2) is 0 Å². The minimum Gasteiger partial charge on any atom is -0.464 e. The molecule has 2 aliphatic heterocycles. The van der Waals surface area contributed by atoms with Crippen LogP contribution in [0.15, 0.2) is 36.4 Å². The number of morpholine rings is 1. The molecular weight excluding hydrogens is 388 g/mol. The third kappa shape index (κ3) is 3.87. The van der Waals surface area contributed by atoms with Crippen LogP contribution in [0.2, 0.25) is 0 Å². The van der Waals surface area contributed by atoms with Gasteiger partial charge < -0.3 is 14.4 Å². The molecule has 0 saturated carbocycles. The monoisotopic (exact) mass is 412 g/mol. The van der Waals surface area contributed by atoms with Crippen LogP contribution in [-0.4, -0.2) is 72.9 Å². The molecule has 0 radical (unpaired) electrons. The van der Waals surface area contributed by atoms with Gasteiger partial charge in [0, 0.05) is 13.1 Å². The quantitative estimate of drug-likeness (QED) is 0.411. The summed E-state index contributed by atoms with van der Waals surface area (Å²) in [5.74, 6) is -2.31. The van der Waals surface area contributed by atoms with Gasteiger partial charge in [0.05, 0.1) is 42.7 Å². The summed E-state index contributed by atoms with van der Waals surface area (Å²) in [6, 6.07) is 6.63. The number of rotatable bonds is 5. The number of carbonyl (C=O) groups excluding carboxylic acids is 4. The Bertz CT molecular complexity index is 854. The maximum absolute atomic E-state index is 12.9. The molecule has 4 rings (SSSR count). The SMILES string of the molecule is O=C(OCCN1C(=O)c2ccccc2C1=O)[C@H]1CC=CC[C@@H]1C(=O)N1CCOCC1. The summed E-state index contributed by atoms with van der Waals surface area (Å²) in [6.45, 7) is 1.96. The van der Waals surface area contributed by atoms with Crippen molar-refractivity contribution in [2.24, 2.45) is 11.8 Å². The molecular formula is C22H24N2O6. The summed E-state index contributed by atoms with van der Waals surface area (Å²) in [5, 5.41) is 0. The van der Waals surface area contributed by atoms with E-state index in [9.17, 15) is 19.2 Å². The van der Waals surface area contributed by atoms with Gasteiger partial charge in [-0.3, -0.25) is 24.1 Å². The van der Waals surface area contributed by atoms with Crippen molar-refractivity contribution < 1.29 is 28.7 Å². The Morgan fingerprint density at radius 1 is 0.967 bits per heavy atom. The lowest BCUT2D eigenvalue weighted by atomic mass is 9.82. The van der Waals surface area contributed by atoms with E-state index in [1.165, 1.54) is 0 Å². The van der Waals surface area contributed by atoms with Crippen molar-refractivity contribution in [1.29, 1.82) is 0 Å². The molecule has 0 spiro atoms. The average Bonchev–Trinajstić information content (AvgIpc) is 3.04. The van der Waals surface area contributed by atoms with E-state index in [-0.39, 0.29) is 30.9 Å². The van der Waals surface area contributed by atoms with E-state index in [2.05, 4.69) is 0 Å². The summed E-state index contributed by atoms with van der Waals surface area (Å²) >= 11 is 0. The van der Waals surface area contributed by atoms with Gasteiger partial charge >= 0.3 is 5.97 Å². The standard InChI is InChI=1S/C22H24N2O6/c25-19(23-9-12-29-13-10-23)17-7-3-4-8-18(17)22(28)30-14-11-24-20(26)15-5-1-2-6-16(15)21(24)27/h1-6,17-18H,7-14H2/t17-,18-/m0/s1. The number of imide groups is 1. The number of benzene rings is 1. The maximum Gasteiger partial charge on any atom is 0.310 e. The molecule has 3 aliphatic rings. The van der Waals surface area contributed by atoms with Crippen LogP contribution in [0.1, 0.15) is 33.6 Å².